The van der Waals surface area contributed by atoms with E-state index in [0.29, 0.717) is 11.5 Å². The molecule has 0 heterocycles. The monoisotopic (exact) mass is 223 g/mol. The van der Waals surface area contributed by atoms with Crippen molar-refractivity contribution in [3.63, 3.8) is 0 Å². The largest absolute Gasteiger partial charge is 0.491 e. The van der Waals surface area contributed by atoms with Crippen LogP contribution in [0.25, 0.3) is 0 Å². The van der Waals surface area contributed by atoms with Gasteiger partial charge in [-0.3, -0.25) is 0 Å². The SMILES string of the molecule is COc1c(N)cc(C(=O)O)cc1OC1CC1. The first kappa shape index (κ1) is 10.6. The average molecular weight is 223 g/mol. The molecule has 3 N–H and O–H groups in total. The first-order chi connectivity index (χ1) is 7.61. The Morgan fingerprint density at radius 2 is 2.19 bits per heavy atom. The van der Waals surface area contributed by atoms with E-state index in [0.717, 1.165) is 12.8 Å². The molecule has 1 aromatic rings. The molecule has 2 rings (SSSR count). The molecule has 0 amide bonds. The maximum atomic E-state index is 10.9. The number of hydrogen-bond donors (Lipinski definition) is 2. The van der Waals surface area contributed by atoms with E-state index in [1.807, 2.05) is 0 Å². The topological polar surface area (TPSA) is 81.8 Å². The second-order valence-electron chi connectivity index (χ2n) is 3.72. The number of hydrogen-bond acceptors (Lipinski definition) is 4. The Labute approximate surface area is 92.8 Å². The van der Waals surface area contributed by atoms with Gasteiger partial charge in [0.05, 0.1) is 24.5 Å². The van der Waals surface area contributed by atoms with Crippen LogP contribution in [-0.2, 0) is 0 Å². The van der Waals surface area contributed by atoms with Crippen LogP contribution in [-0.4, -0.2) is 24.3 Å². The van der Waals surface area contributed by atoms with Crippen molar-refractivity contribution in [2.24, 2.45) is 0 Å². The molecule has 0 aromatic heterocycles. The van der Waals surface area contributed by atoms with Crippen LogP contribution in [0.4, 0.5) is 5.69 Å². The fourth-order valence-corrected chi connectivity index (χ4v) is 1.42. The normalized spacial score (nSPS) is 14.6. The molecule has 1 aromatic carbocycles. The molecule has 5 nitrogen and oxygen atoms in total. The molecule has 16 heavy (non-hydrogen) atoms. The van der Waals surface area contributed by atoms with E-state index in [9.17, 15) is 4.79 Å². The third kappa shape index (κ3) is 2.03. The van der Waals surface area contributed by atoms with Crippen molar-refractivity contribution in [3.05, 3.63) is 17.7 Å². The molecular formula is C11H13NO4. The summed E-state index contributed by atoms with van der Waals surface area (Å²) in [6.45, 7) is 0. The average Bonchev–Trinajstić information content (AvgIpc) is 3.01. The molecule has 0 aliphatic heterocycles. The van der Waals surface area contributed by atoms with Crippen molar-refractivity contribution < 1.29 is 19.4 Å². The Morgan fingerprint density at radius 1 is 1.50 bits per heavy atom. The molecule has 0 radical (unpaired) electrons. The highest BCUT2D eigenvalue weighted by Crippen LogP contribution is 2.38. The first-order valence-corrected chi connectivity index (χ1v) is 4.99. The fourth-order valence-electron chi connectivity index (χ4n) is 1.42. The van der Waals surface area contributed by atoms with Crippen molar-refractivity contribution in [1.29, 1.82) is 0 Å². The minimum absolute atomic E-state index is 0.106. The Morgan fingerprint density at radius 3 is 2.69 bits per heavy atom. The van der Waals surface area contributed by atoms with E-state index in [4.69, 9.17) is 20.3 Å². The number of anilines is 1. The third-order valence-electron chi connectivity index (χ3n) is 2.35. The zero-order valence-corrected chi connectivity index (χ0v) is 8.90. The Bertz CT molecular complexity index is 426. The summed E-state index contributed by atoms with van der Waals surface area (Å²) in [5.41, 5.74) is 6.08. The predicted octanol–water partition coefficient (Wildman–Crippen LogP) is 1.52. The van der Waals surface area contributed by atoms with Crippen LogP contribution in [0.5, 0.6) is 11.5 Å². The lowest BCUT2D eigenvalue weighted by atomic mass is 10.1. The molecule has 86 valence electrons. The van der Waals surface area contributed by atoms with E-state index in [1.54, 1.807) is 0 Å². The maximum Gasteiger partial charge on any atom is 0.335 e. The summed E-state index contributed by atoms with van der Waals surface area (Å²) < 4.78 is 10.6. The first-order valence-electron chi connectivity index (χ1n) is 4.99. The van der Waals surface area contributed by atoms with Gasteiger partial charge in [-0.25, -0.2) is 4.79 Å². The predicted molar refractivity (Wildman–Crippen MR) is 58.0 cm³/mol. The molecule has 0 saturated heterocycles. The van der Waals surface area contributed by atoms with Crippen LogP contribution in [0.1, 0.15) is 23.2 Å². The summed E-state index contributed by atoms with van der Waals surface area (Å²) in [5, 5.41) is 8.90. The van der Waals surface area contributed by atoms with Crippen molar-refractivity contribution in [3.8, 4) is 11.5 Å². The van der Waals surface area contributed by atoms with Crippen molar-refractivity contribution in [2.45, 2.75) is 18.9 Å². The van der Waals surface area contributed by atoms with Crippen LogP contribution in [0, 0.1) is 0 Å². The number of carboxylic acid groups (broad SMARTS) is 1. The van der Waals surface area contributed by atoms with Gasteiger partial charge in [-0.15, -0.1) is 0 Å². The zero-order chi connectivity index (χ0) is 11.7. The number of carbonyl (C=O) groups is 1. The standard InChI is InChI=1S/C11H13NO4/c1-15-10-8(12)4-6(11(13)14)5-9(10)16-7-2-3-7/h4-5,7H,2-3,12H2,1H3,(H,13,14). The van der Waals surface area contributed by atoms with E-state index in [-0.39, 0.29) is 17.4 Å². The van der Waals surface area contributed by atoms with Crippen molar-refractivity contribution in [1.82, 2.24) is 0 Å². The number of methoxy groups -OCH3 is 1. The van der Waals surface area contributed by atoms with Crippen molar-refractivity contribution >= 4 is 11.7 Å². The van der Waals surface area contributed by atoms with Crippen LogP contribution in [0.3, 0.4) is 0 Å². The minimum Gasteiger partial charge on any atom is -0.491 e. The number of nitrogens with two attached hydrogens (primary N) is 1. The number of aromatic carboxylic acids is 1. The highest BCUT2D eigenvalue weighted by Gasteiger charge is 2.26. The minimum atomic E-state index is -1.03. The number of ether oxygens (including phenoxy) is 2. The summed E-state index contributed by atoms with van der Waals surface area (Å²) in [6, 6.07) is 2.80. The number of nitrogen functional groups attached to an aromatic ring is 1. The molecule has 1 aliphatic rings. The molecule has 1 saturated carbocycles. The zero-order valence-electron chi connectivity index (χ0n) is 8.90. The van der Waals surface area contributed by atoms with Gasteiger partial charge in [-0.1, -0.05) is 0 Å². The Kier molecular flexibility index (Phi) is 2.60. The van der Waals surface area contributed by atoms with E-state index >= 15 is 0 Å². The lowest BCUT2D eigenvalue weighted by Crippen LogP contribution is -2.05. The lowest BCUT2D eigenvalue weighted by molar-refractivity contribution is 0.0696. The number of carboxylic acids is 1. The van der Waals surface area contributed by atoms with Crippen LogP contribution in [0.15, 0.2) is 12.1 Å². The van der Waals surface area contributed by atoms with E-state index < -0.39 is 5.97 Å². The third-order valence-corrected chi connectivity index (χ3v) is 2.35. The van der Waals surface area contributed by atoms with E-state index in [1.165, 1.54) is 19.2 Å². The molecule has 0 spiro atoms. The van der Waals surface area contributed by atoms with Crippen LogP contribution in [0.2, 0.25) is 0 Å². The second-order valence-corrected chi connectivity index (χ2v) is 3.72. The van der Waals surface area contributed by atoms with Crippen molar-refractivity contribution in [2.75, 3.05) is 12.8 Å². The summed E-state index contributed by atoms with van der Waals surface area (Å²) in [7, 11) is 1.48. The fraction of sp³-hybridized carbons (Fsp3) is 0.364. The van der Waals surface area contributed by atoms with Gasteiger partial charge in [0, 0.05) is 0 Å². The molecule has 0 atom stereocenters. The summed E-state index contributed by atoms with van der Waals surface area (Å²) >= 11 is 0. The lowest BCUT2D eigenvalue weighted by Gasteiger charge is -2.12. The highest BCUT2D eigenvalue weighted by atomic mass is 16.5. The van der Waals surface area contributed by atoms with Gasteiger partial charge < -0.3 is 20.3 Å². The summed E-state index contributed by atoms with van der Waals surface area (Å²) in [6.07, 6.45) is 2.14. The molecule has 1 aliphatic carbocycles. The molecule has 0 bridgehead atoms. The number of benzene rings is 1. The quantitative estimate of drug-likeness (QED) is 0.756. The molecule has 1 fully saturated rings. The summed E-state index contributed by atoms with van der Waals surface area (Å²) in [5.74, 6) is -0.227. The second kappa shape index (κ2) is 3.92. The van der Waals surface area contributed by atoms with Gasteiger partial charge in [0.2, 0.25) is 0 Å². The van der Waals surface area contributed by atoms with Gasteiger partial charge in [0.15, 0.2) is 11.5 Å². The van der Waals surface area contributed by atoms with Gasteiger partial charge in [0.1, 0.15) is 0 Å². The Balaban J connectivity index is 2.39. The smallest absolute Gasteiger partial charge is 0.335 e. The number of rotatable bonds is 4. The Hall–Kier alpha value is -1.91. The van der Waals surface area contributed by atoms with Crippen LogP contribution < -0.4 is 15.2 Å². The molecule has 0 unspecified atom stereocenters. The van der Waals surface area contributed by atoms with Gasteiger partial charge in [0.25, 0.3) is 0 Å². The molecular weight excluding hydrogens is 210 g/mol. The highest BCUT2D eigenvalue weighted by molar-refractivity contribution is 5.90. The van der Waals surface area contributed by atoms with Crippen LogP contribution >= 0.6 is 0 Å². The summed E-state index contributed by atoms with van der Waals surface area (Å²) in [4.78, 5) is 10.9. The molecule has 5 heteroatoms. The maximum absolute atomic E-state index is 10.9. The van der Waals surface area contributed by atoms with Gasteiger partial charge in [-0.2, -0.15) is 0 Å². The van der Waals surface area contributed by atoms with Gasteiger partial charge >= 0.3 is 5.97 Å². The van der Waals surface area contributed by atoms with E-state index in [2.05, 4.69) is 0 Å². The van der Waals surface area contributed by atoms with Gasteiger partial charge in [-0.05, 0) is 25.0 Å².